The van der Waals surface area contributed by atoms with Crippen molar-refractivity contribution in [1.29, 1.82) is 0 Å². The second kappa shape index (κ2) is 8.44. The lowest BCUT2D eigenvalue weighted by molar-refractivity contribution is -0.137. The summed E-state index contributed by atoms with van der Waals surface area (Å²) in [6.07, 6.45) is 0. The Morgan fingerprint density at radius 3 is 2.26 bits per heavy atom. The van der Waals surface area contributed by atoms with Crippen molar-refractivity contribution in [3.05, 3.63) is 101 Å². The Kier molecular flexibility index (Phi) is 5.54. The minimum Gasteiger partial charge on any atom is -0.496 e. The zero-order valence-electron chi connectivity index (χ0n) is 17.2. The van der Waals surface area contributed by atoms with Crippen molar-refractivity contribution in [1.82, 2.24) is 4.90 Å². The van der Waals surface area contributed by atoms with Crippen LogP contribution in [0.2, 0.25) is 0 Å². The van der Waals surface area contributed by atoms with Gasteiger partial charge >= 0.3 is 0 Å². The largest absolute Gasteiger partial charge is 0.496 e. The number of imide groups is 1. The van der Waals surface area contributed by atoms with Crippen LogP contribution in [0.15, 0.2) is 78.5 Å². The summed E-state index contributed by atoms with van der Waals surface area (Å²) in [5, 5.41) is 3.03. The molecule has 0 atom stereocenters. The maximum Gasteiger partial charge on any atom is 0.278 e. The molecular weight excluding hydrogens is 395 g/mol. The fraction of sp³-hybridized carbons (Fsp3) is 0.120. The lowest BCUT2D eigenvalue weighted by Gasteiger charge is -2.17. The van der Waals surface area contributed by atoms with Crippen LogP contribution < -0.4 is 10.1 Å². The number of halogens is 1. The Bertz CT molecular complexity index is 1170. The number of nitrogens with one attached hydrogen (secondary N) is 1. The van der Waals surface area contributed by atoms with Crippen LogP contribution >= 0.6 is 0 Å². The molecule has 0 spiro atoms. The quantitative estimate of drug-likeness (QED) is 0.600. The Morgan fingerprint density at radius 2 is 1.58 bits per heavy atom. The van der Waals surface area contributed by atoms with E-state index in [1.165, 1.54) is 29.2 Å². The molecule has 0 bridgehead atoms. The number of hydrogen-bond donors (Lipinski definition) is 1. The SMILES string of the molecule is COc1ccccc1CN1C(=O)C(Nc2ccc(F)cc2)=C(c2ccc(C)cc2)C1=O. The normalized spacial score (nSPS) is 13.7. The third-order valence-electron chi connectivity index (χ3n) is 5.14. The molecule has 0 saturated heterocycles. The van der Waals surface area contributed by atoms with Gasteiger partial charge in [0.1, 0.15) is 17.3 Å². The number of hydrogen-bond acceptors (Lipinski definition) is 4. The molecule has 0 fully saturated rings. The number of anilines is 1. The van der Waals surface area contributed by atoms with E-state index in [1.54, 1.807) is 13.2 Å². The molecule has 6 heteroatoms. The molecule has 0 aromatic heterocycles. The summed E-state index contributed by atoms with van der Waals surface area (Å²) in [4.78, 5) is 27.9. The van der Waals surface area contributed by atoms with Crippen LogP contribution in [0.3, 0.4) is 0 Å². The highest BCUT2D eigenvalue weighted by Crippen LogP contribution is 2.33. The highest BCUT2D eigenvalue weighted by Gasteiger charge is 2.39. The van der Waals surface area contributed by atoms with Gasteiger partial charge in [0.15, 0.2) is 0 Å². The highest BCUT2D eigenvalue weighted by atomic mass is 19.1. The van der Waals surface area contributed by atoms with Gasteiger partial charge in [-0.15, -0.1) is 0 Å². The van der Waals surface area contributed by atoms with Gasteiger partial charge < -0.3 is 10.1 Å². The van der Waals surface area contributed by atoms with Crippen LogP contribution in [0.4, 0.5) is 10.1 Å². The van der Waals surface area contributed by atoms with Gasteiger partial charge in [-0.25, -0.2) is 4.39 Å². The van der Waals surface area contributed by atoms with Gasteiger partial charge in [-0.3, -0.25) is 14.5 Å². The summed E-state index contributed by atoms with van der Waals surface area (Å²) in [6, 6.07) is 20.3. The van der Waals surface area contributed by atoms with E-state index in [4.69, 9.17) is 4.74 Å². The smallest absolute Gasteiger partial charge is 0.278 e. The number of carbonyl (C=O) groups excluding carboxylic acids is 2. The lowest BCUT2D eigenvalue weighted by atomic mass is 10.0. The zero-order valence-corrected chi connectivity index (χ0v) is 17.2. The van der Waals surface area contributed by atoms with Crippen LogP contribution in [-0.4, -0.2) is 23.8 Å². The number of methoxy groups -OCH3 is 1. The van der Waals surface area contributed by atoms with Gasteiger partial charge in [0.2, 0.25) is 0 Å². The van der Waals surface area contributed by atoms with Gasteiger partial charge in [-0.2, -0.15) is 0 Å². The van der Waals surface area contributed by atoms with Crippen LogP contribution in [-0.2, 0) is 16.1 Å². The van der Waals surface area contributed by atoms with Gasteiger partial charge in [0.05, 0.1) is 19.2 Å². The first-order chi connectivity index (χ1) is 15.0. The second-order valence-corrected chi connectivity index (χ2v) is 7.26. The number of benzene rings is 3. The maximum absolute atomic E-state index is 13.4. The molecule has 1 aliphatic heterocycles. The Labute approximate surface area is 179 Å². The average molecular weight is 416 g/mol. The minimum absolute atomic E-state index is 0.0750. The third kappa shape index (κ3) is 4.05. The molecule has 0 unspecified atom stereocenters. The summed E-state index contributed by atoms with van der Waals surface area (Å²) < 4.78 is 18.7. The fourth-order valence-electron chi connectivity index (χ4n) is 3.51. The van der Waals surface area contributed by atoms with Gasteiger partial charge in [-0.1, -0.05) is 48.0 Å². The van der Waals surface area contributed by atoms with E-state index in [0.29, 0.717) is 17.0 Å². The van der Waals surface area contributed by atoms with Crippen molar-refractivity contribution in [2.75, 3.05) is 12.4 Å². The van der Waals surface area contributed by atoms with Gasteiger partial charge in [0, 0.05) is 11.3 Å². The molecule has 4 rings (SSSR count). The van der Waals surface area contributed by atoms with Gasteiger partial charge in [0.25, 0.3) is 11.8 Å². The number of para-hydroxylation sites is 1. The molecule has 3 aromatic rings. The number of ether oxygens (including phenoxy) is 1. The third-order valence-corrected chi connectivity index (χ3v) is 5.14. The summed E-state index contributed by atoms with van der Waals surface area (Å²) in [6.45, 7) is 2.02. The van der Waals surface area contributed by atoms with Crippen molar-refractivity contribution >= 4 is 23.1 Å². The summed E-state index contributed by atoms with van der Waals surface area (Å²) >= 11 is 0. The second-order valence-electron chi connectivity index (χ2n) is 7.26. The molecule has 5 nitrogen and oxygen atoms in total. The molecule has 0 saturated carbocycles. The van der Waals surface area contributed by atoms with Crippen LogP contribution in [0.1, 0.15) is 16.7 Å². The first-order valence-corrected chi connectivity index (χ1v) is 9.80. The Balaban J connectivity index is 1.74. The number of aryl methyl sites for hydroxylation is 1. The number of amides is 2. The van der Waals surface area contributed by atoms with Gasteiger partial charge in [-0.05, 0) is 42.8 Å². The Hall–Kier alpha value is -3.93. The van der Waals surface area contributed by atoms with E-state index in [1.807, 2.05) is 49.4 Å². The highest BCUT2D eigenvalue weighted by molar-refractivity contribution is 6.36. The van der Waals surface area contributed by atoms with E-state index in [2.05, 4.69) is 5.32 Å². The molecule has 0 aliphatic carbocycles. The predicted molar refractivity (Wildman–Crippen MR) is 117 cm³/mol. The molecular formula is C25H21FN2O3. The standard InChI is InChI=1S/C25H21FN2O3/c1-16-7-9-17(10-8-16)22-23(27-20-13-11-19(26)12-14-20)25(30)28(24(22)29)15-18-5-3-4-6-21(18)31-2/h3-14,27H,15H2,1-2H3. The topological polar surface area (TPSA) is 58.6 Å². The van der Waals surface area contributed by atoms with Crippen molar-refractivity contribution in [3.8, 4) is 5.75 Å². The van der Waals surface area contributed by atoms with E-state index in [-0.39, 0.29) is 23.6 Å². The van der Waals surface area contributed by atoms with E-state index in [9.17, 15) is 14.0 Å². The van der Waals surface area contributed by atoms with Crippen LogP contribution in [0.25, 0.3) is 5.57 Å². The van der Waals surface area contributed by atoms with Crippen LogP contribution in [0, 0.1) is 12.7 Å². The number of nitrogens with zero attached hydrogens (tertiary/aromatic N) is 1. The first kappa shape index (κ1) is 20.3. The predicted octanol–water partition coefficient (Wildman–Crippen LogP) is 4.53. The average Bonchev–Trinajstić information content (AvgIpc) is 3.00. The molecule has 156 valence electrons. The fourth-order valence-corrected chi connectivity index (χ4v) is 3.51. The summed E-state index contributed by atoms with van der Waals surface area (Å²) in [7, 11) is 1.55. The maximum atomic E-state index is 13.4. The van der Waals surface area contributed by atoms with Crippen molar-refractivity contribution in [3.63, 3.8) is 0 Å². The minimum atomic E-state index is -0.448. The summed E-state index contributed by atoms with van der Waals surface area (Å²) in [5.41, 5.74) is 3.36. The molecule has 1 aliphatic rings. The molecule has 3 aromatic carbocycles. The first-order valence-electron chi connectivity index (χ1n) is 9.80. The van der Waals surface area contributed by atoms with E-state index < -0.39 is 11.8 Å². The zero-order chi connectivity index (χ0) is 22.0. The van der Waals surface area contributed by atoms with Crippen LogP contribution in [0.5, 0.6) is 5.75 Å². The van der Waals surface area contributed by atoms with Crippen molar-refractivity contribution < 1.29 is 18.7 Å². The van der Waals surface area contributed by atoms with E-state index >= 15 is 0 Å². The monoisotopic (exact) mass is 416 g/mol. The molecule has 1 heterocycles. The molecule has 1 N–H and O–H groups in total. The van der Waals surface area contributed by atoms with Crippen molar-refractivity contribution in [2.24, 2.45) is 0 Å². The summed E-state index contributed by atoms with van der Waals surface area (Å²) in [5.74, 6) is -0.634. The van der Waals surface area contributed by atoms with Crippen molar-refractivity contribution in [2.45, 2.75) is 13.5 Å². The lowest BCUT2D eigenvalue weighted by Crippen LogP contribution is -2.32. The molecule has 31 heavy (non-hydrogen) atoms. The molecule has 0 radical (unpaired) electrons. The number of rotatable bonds is 6. The number of carbonyl (C=O) groups is 2. The Morgan fingerprint density at radius 1 is 0.903 bits per heavy atom. The molecule has 2 amide bonds. The van der Waals surface area contributed by atoms with E-state index in [0.717, 1.165) is 11.1 Å².